The molecular formula is C21H29IN4OS. The quantitative estimate of drug-likeness (QED) is 0.355. The second-order valence-corrected chi connectivity index (χ2v) is 8.09. The first-order valence-corrected chi connectivity index (χ1v) is 10.6. The van der Waals surface area contributed by atoms with Crippen LogP contribution < -0.4 is 10.6 Å². The minimum Gasteiger partial charge on any atom is -0.379 e. The highest BCUT2D eigenvalue weighted by molar-refractivity contribution is 14.0. The molecule has 0 bridgehead atoms. The third-order valence-electron chi connectivity index (χ3n) is 5.52. The number of nitrogens with zero attached hydrogens (tertiary/aromatic N) is 2. The van der Waals surface area contributed by atoms with Gasteiger partial charge in [0.15, 0.2) is 5.96 Å². The van der Waals surface area contributed by atoms with Crippen molar-refractivity contribution in [1.82, 2.24) is 15.5 Å². The fourth-order valence-electron chi connectivity index (χ4n) is 3.96. The lowest BCUT2D eigenvalue weighted by molar-refractivity contribution is 0.0177. The van der Waals surface area contributed by atoms with Gasteiger partial charge in [0.25, 0.3) is 0 Å². The Kier molecular flexibility index (Phi) is 8.13. The molecule has 0 radical (unpaired) electrons. The molecule has 152 valence electrons. The van der Waals surface area contributed by atoms with Gasteiger partial charge in [0.1, 0.15) is 0 Å². The van der Waals surface area contributed by atoms with Crippen LogP contribution in [0.3, 0.4) is 0 Å². The number of benzene rings is 1. The summed E-state index contributed by atoms with van der Waals surface area (Å²) in [6.45, 7) is 5.37. The topological polar surface area (TPSA) is 48.9 Å². The largest absolute Gasteiger partial charge is 0.379 e. The van der Waals surface area contributed by atoms with Crippen molar-refractivity contribution < 1.29 is 4.74 Å². The highest BCUT2D eigenvalue weighted by Crippen LogP contribution is 2.34. The summed E-state index contributed by atoms with van der Waals surface area (Å²) in [6.07, 6.45) is 1.16. The smallest absolute Gasteiger partial charge is 0.191 e. The van der Waals surface area contributed by atoms with Crippen molar-refractivity contribution in [3.63, 3.8) is 0 Å². The van der Waals surface area contributed by atoms with Gasteiger partial charge in [0.05, 0.1) is 19.3 Å². The Balaban J connectivity index is 0.00000225. The SMILES string of the molecule is CN=C(NCC1Cc2ccccc21)NCC(c1cccs1)N1CCOCC1.I. The van der Waals surface area contributed by atoms with Crippen LogP contribution in [0, 0.1) is 0 Å². The minimum absolute atomic E-state index is 0. The van der Waals surface area contributed by atoms with Crippen molar-refractivity contribution >= 4 is 41.3 Å². The Hall–Kier alpha value is -1.16. The lowest BCUT2D eigenvalue weighted by atomic mass is 9.78. The van der Waals surface area contributed by atoms with Crippen molar-refractivity contribution in [3.05, 3.63) is 57.8 Å². The summed E-state index contributed by atoms with van der Waals surface area (Å²) in [4.78, 5) is 8.34. The molecule has 0 amide bonds. The molecule has 1 fully saturated rings. The summed E-state index contributed by atoms with van der Waals surface area (Å²) >= 11 is 1.82. The van der Waals surface area contributed by atoms with Crippen LogP contribution in [-0.4, -0.2) is 57.3 Å². The molecule has 2 atom stereocenters. The molecule has 0 saturated carbocycles. The molecule has 7 heteroatoms. The first-order valence-electron chi connectivity index (χ1n) is 9.72. The number of rotatable bonds is 6. The zero-order valence-electron chi connectivity index (χ0n) is 16.3. The van der Waals surface area contributed by atoms with E-state index in [0.29, 0.717) is 12.0 Å². The minimum atomic E-state index is 0. The lowest BCUT2D eigenvalue weighted by Gasteiger charge is -2.34. The average molecular weight is 512 g/mol. The van der Waals surface area contributed by atoms with Gasteiger partial charge in [0, 0.05) is 44.0 Å². The second kappa shape index (κ2) is 10.6. The summed E-state index contributed by atoms with van der Waals surface area (Å²) in [6, 6.07) is 13.4. The van der Waals surface area contributed by atoms with Crippen LogP contribution in [0.5, 0.6) is 0 Å². The van der Waals surface area contributed by atoms with Gasteiger partial charge in [-0.2, -0.15) is 0 Å². The fraction of sp³-hybridized carbons (Fsp3) is 0.476. The molecule has 2 unspecified atom stereocenters. The summed E-state index contributed by atoms with van der Waals surface area (Å²) in [5.74, 6) is 1.47. The lowest BCUT2D eigenvalue weighted by Crippen LogP contribution is -2.47. The van der Waals surface area contributed by atoms with E-state index in [9.17, 15) is 0 Å². The number of morpholine rings is 1. The first-order chi connectivity index (χ1) is 13.3. The van der Waals surface area contributed by atoms with Crippen LogP contribution >= 0.6 is 35.3 Å². The molecule has 2 N–H and O–H groups in total. The summed E-state index contributed by atoms with van der Waals surface area (Å²) in [5.41, 5.74) is 2.96. The molecule has 1 aromatic carbocycles. The number of thiophene rings is 1. The van der Waals surface area contributed by atoms with E-state index in [0.717, 1.165) is 51.8 Å². The van der Waals surface area contributed by atoms with Crippen LogP contribution in [0.4, 0.5) is 0 Å². The maximum atomic E-state index is 5.53. The summed E-state index contributed by atoms with van der Waals surface area (Å²) < 4.78 is 5.53. The monoisotopic (exact) mass is 512 g/mol. The van der Waals surface area contributed by atoms with E-state index in [1.54, 1.807) is 0 Å². The van der Waals surface area contributed by atoms with Gasteiger partial charge >= 0.3 is 0 Å². The van der Waals surface area contributed by atoms with E-state index in [1.165, 1.54) is 16.0 Å². The molecule has 2 aliphatic rings. The van der Waals surface area contributed by atoms with Crippen LogP contribution in [-0.2, 0) is 11.2 Å². The molecule has 4 rings (SSSR count). The van der Waals surface area contributed by atoms with E-state index in [4.69, 9.17) is 4.74 Å². The predicted molar refractivity (Wildman–Crippen MR) is 127 cm³/mol. The van der Waals surface area contributed by atoms with Crippen LogP contribution in [0.1, 0.15) is 28.0 Å². The van der Waals surface area contributed by atoms with E-state index in [2.05, 4.69) is 62.3 Å². The maximum absolute atomic E-state index is 5.53. The van der Waals surface area contributed by atoms with Gasteiger partial charge in [-0.25, -0.2) is 0 Å². The van der Waals surface area contributed by atoms with E-state index >= 15 is 0 Å². The van der Waals surface area contributed by atoms with E-state index in [1.807, 2.05) is 18.4 Å². The molecule has 1 aliphatic heterocycles. The van der Waals surface area contributed by atoms with Crippen molar-refractivity contribution in [1.29, 1.82) is 0 Å². The zero-order valence-corrected chi connectivity index (χ0v) is 19.4. The van der Waals surface area contributed by atoms with Crippen molar-refractivity contribution in [2.45, 2.75) is 18.4 Å². The van der Waals surface area contributed by atoms with Gasteiger partial charge in [-0.3, -0.25) is 9.89 Å². The van der Waals surface area contributed by atoms with Gasteiger partial charge in [-0.05, 0) is 29.0 Å². The molecule has 1 aromatic heterocycles. The van der Waals surface area contributed by atoms with E-state index in [-0.39, 0.29) is 24.0 Å². The molecule has 5 nitrogen and oxygen atoms in total. The third-order valence-corrected chi connectivity index (χ3v) is 6.50. The second-order valence-electron chi connectivity index (χ2n) is 7.11. The maximum Gasteiger partial charge on any atom is 0.191 e. The number of nitrogens with one attached hydrogen (secondary N) is 2. The number of hydrogen-bond acceptors (Lipinski definition) is 4. The standard InChI is InChI=1S/C21H28N4OS.HI/c1-22-21(23-14-17-13-16-5-2-3-6-18(16)17)24-15-19(20-7-4-12-27-20)25-8-10-26-11-9-25;/h2-7,12,17,19H,8-11,13-15H2,1H3,(H2,22,23,24);1H. The first kappa shape index (κ1) is 21.5. The van der Waals surface area contributed by atoms with E-state index < -0.39 is 0 Å². The predicted octanol–water partition coefficient (Wildman–Crippen LogP) is 3.24. The molecule has 28 heavy (non-hydrogen) atoms. The Morgan fingerprint density at radius 1 is 1.21 bits per heavy atom. The molecule has 0 spiro atoms. The normalized spacial score (nSPS) is 20.5. The van der Waals surface area contributed by atoms with Gasteiger partial charge in [-0.1, -0.05) is 30.3 Å². The molecule has 2 heterocycles. The molecule has 1 saturated heterocycles. The number of ether oxygens (including phenoxy) is 1. The Bertz CT molecular complexity index is 762. The average Bonchev–Trinajstić information content (AvgIpc) is 3.22. The Labute approximate surface area is 188 Å². The molecular weight excluding hydrogens is 483 g/mol. The van der Waals surface area contributed by atoms with Crippen molar-refractivity contribution in [3.8, 4) is 0 Å². The zero-order chi connectivity index (χ0) is 18.5. The molecule has 1 aliphatic carbocycles. The number of guanidine groups is 1. The number of fused-ring (bicyclic) bond motifs is 1. The molecule has 2 aromatic rings. The summed E-state index contributed by atoms with van der Waals surface area (Å²) in [5, 5.41) is 9.22. The Morgan fingerprint density at radius 3 is 2.75 bits per heavy atom. The van der Waals surface area contributed by atoms with Gasteiger partial charge < -0.3 is 15.4 Å². The number of aliphatic imine (C=N–C) groups is 1. The highest BCUT2D eigenvalue weighted by atomic mass is 127. The number of hydrogen-bond donors (Lipinski definition) is 2. The van der Waals surface area contributed by atoms with Crippen molar-refractivity contribution in [2.24, 2.45) is 4.99 Å². The van der Waals surface area contributed by atoms with Crippen LogP contribution in [0.15, 0.2) is 46.8 Å². The Morgan fingerprint density at radius 2 is 2.04 bits per heavy atom. The van der Waals surface area contributed by atoms with Crippen LogP contribution in [0.25, 0.3) is 0 Å². The highest BCUT2D eigenvalue weighted by Gasteiger charge is 2.26. The third kappa shape index (κ3) is 5.06. The van der Waals surface area contributed by atoms with Crippen molar-refractivity contribution in [2.75, 3.05) is 46.4 Å². The van der Waals surface area contributed by atoms with Gasteiger partial charge in [0.2, 0.25) is 0 Å². The summed E-state index contributed by atoms with van der Waals surface area (Å²) in [7, 11) is 1.85. The van der Waals surface area contributed by atoms with Crippen LogP contribution in [0.2, 0.25) is 0 Å². The van der Waals surface area contributed by atoms with Gasteiger partial charge in [-0.15, -0.1) is 35.3 Å². The number of halogens is 1. The fourth-order valence-corrected chi connectivity index (χ4v) is 4.82.